The van der Waals surface area contributed by atoms with Crippen LogP contribution in [0.3, 0.4) is 0 Å². The zero-order valence-electron chi connectivity index (χ0n) is 15.6. The summed E-state index contributed by atoms with van der Waals surface area (Å²) in [5.41, 5.74) is 7.21. The summed E-state index contributed by atoms with van der Waals surface area (Å²) >= 11 is 2.15. The maximum atomic E-state index is 12.8. The number of amides is 2. The van der Waals surface area contributed by atoms with Crippen LogP contribution in [0.25, 0.3) is 0 Å². The molecular weight excluding hydrogens is 457 g/mol. The molecule has 0 aliphatic carbocycles. The van der Waals surface area contributed by atoms with Gasteiger partial charge in [0.1, 0.15) is 11.6 Å². The molecule has 2 aromatic rings. The number of anilines is 2. The molecule has 0 fully saturated rings. The van der Waals surface area contributed by atoms with E-state index in [4.69, 9.17) is 10.5 Å². The maximum Gasteiger partial charge on any atom is 0.408 e. The standard InChI is InChI=1S/C20H24IN3O3/c1-20(2,3)27-19(26)24-17(11-13-7-5-4-6-8-13)18(25)23-16-10-9-14(21)12-15(16)22/h4-10,12,17H,11,22H2,1-3H3,(H,23,25)(H,24,26)/t17-/m0/s1. The van der Waals surface area contributed by atoms with Gasteiger partial charge in [-0.1, -0.05) is 30.3 Å². The number of alkyl carbamates (subject to hydrolysis) is 1. The number of nitrogens with two attached hydrogens (primary N) is 1. The summed E-state index contributed by atoms with van der Waals surface area (Å²) in [5.74, 6) is -0.363. The van der Waals surface area contributed by atoms with Crippen LogP contribution in [0.4, 0.5) is 16.2 Å². The Morgan fingerprint density at radius 1 is 1.15 bits per heavy atom. The number of hydrogen-bond acceptors (Lipinski definition) is 4. The lowest BCUT2D eigenvalue weighted by Gasteiger charge is -2.23. The van der Waals surface area contributed by atoms with Gasteiger partial charge in [0.05, 0.1) is 11.4 Å². The van der Waals surface area contributed by atoms with Crippen molar-refractivity contribution in [3.8, 4) is 0 Å². The Hall–Kier alpha value is -2.29. The van der Waals surface area contributed by atoms with Crippen LogP contribution >= 0.6 is 22.6 Å². The third-order valence-corrected chi connectivity index (χ3v) is 4.23. The van der Waals surface area contributed by atoms with Crippen LogP contribution < -0.4 is 16.4 Å². The molecule has 0 heterocycles. The minimum absolute atomic E-state index is 0.330. The normalized spacial score (nSPS) is 12.1. The highest BCUT2D eigenvalue weighted by Gasteiger charge is 2.25. The SMILES string of the molecule is CC(C)(C)OC(=O)N[C@@H](Cc1ccccc1)C(=O)Nc1ccc(I)cc1N. The quantitative estimate of drug-likeness (QED) is 0.446. The predicted octanol–water partition coefficient (Wildman–Crippen LogP) is 3.95. The van der Waals surface area contributed by atoms with Crippen LogP contribution in [0.15, 0.2) is 48.5 Å². The molecule has 0 saturated carbocycles. The van der Waals surface area contributed by atoms with Crippen LogP contribution in [0.1, 0.15) is 26.3 Å². The average Bonchev–Trinajstić information content (AvgIpc) is 2.56. The first-order valence-corrected chi connectivity index (χ1v) is 9.61. The summed E-state index contributed by atoms with van der Waals surface area (Å²) in [7, 11) is 0. The van der Waals surface area contributed by atoms with Gasteiger partial charge in [-0.2, -0.15) is 0 Å². The van der Waals surface area contributed by atoms with Gasteiger partial charge in [0.25, 0.3) is 0 Å². The van der Waals surface area contributed by atoms with E-state index >= 15 is 0 Å². The Balaban J connectivity index is 2.16. The number of carbonyl (C=O) groups is 2. The van der Waals surface area contributed by atoms with E-state index in [9.17, 15) is 9.59 Å². The summed E-state index contributed by atoms with van der Waals surface area (Å²) in [6, 6.07) is 14.0. The fraction of sp³-hybridized carbons (Fsp3) is 0.300. The molecule has 0 aliphatic heterocycles. The van der Waals surface area contributed by atoms with Gasteiger partial charge >= 0.3 is 6.09 Å². The molecule has 0 unspecified atom stereocenters. The Morgan fingerprint density at radius 2 is 1.81 bits per heavy atom. The summed E-state index contributed by atoms with van der Waals surface area (Å²) in [6.45, 7) is 5.31. The van der Waals surface area contributed by atoms with Gasteiger partial charge in [0.15, 0.2) is 0 Å². The van der Waals surface area contributed by atoms with E-state index in [1.807, 2.05) is 36.4 Å². The second-order valence-electron chi connectivity index (χ2n) is 7.11. The number of nitrogen functional groups attached to an aromatic ring is 1. The van der Waals surface area contributed by atoms with Gasteiger partial charge in [0.2, 0.25) is 5.91 Å². The minimum atomic E-state index is -0.805. The van der Waals surface area contributed by atoms with Crippen molar-refractivity contribution in [2.45, 2.75) is 38.8 Å². The summed E-state index contributed by atoms with van der Waals surface area (Å²) in [4.78, 5) is 25.0. The summed E-state index contributed by atoms with van der Waals surface area (Å²) in [5, 5.41) is 5.45. The number of halogens is 1. The van der Waals surface area contributed by atoms with Gasteiger partial charge in [-0.25, -0.2) is 4.79 Å². The third kappa shape index (κ3) is 7.09. The molecule has 4 N–H and O–H groups in total. The van der Waals surface area contributed by atoms with Crippen molar-refractivity contribution < 1.29 is 14.3 Å². The lowest BCUT2D eigenvalue weighted by atomic mass is 10.1. The molecule has 1 atom stereocenters. The van der Waals surface area contributed by atoms with Gasteiger partial charge in [0, 0.05) is 9.99 Å². The molecule has 27 heavy (non-hydrogen) atoms. The first-order valence-electron chi connectivity index (χ1n) is 8.53. The highest BCUT2D eigenvalue weighted by molar-refractivity contribution is 14.1. The number of benzene rings is 2. The molecule has 144 valence electrons. The fourth-order valence-corrected chi connectivity index (χ4v) is 2.89. The second kappa shape index (κ2) is 9.07. The maximum absolute atomic E-state index is 12.8. The summed E-state index contributed by atoms with van der Waals surface area (Å²) in [6.07, 6.45) is -0.315. The first-order chi connectivity index (χ1) is 12.6. The highest BCUT2D eigenvalue weighted by atomic mass is 127. The molecule has 0 bridgehead atoms. The van der Waals surface area contributed by atoms with E-state index in [0.717, 1.165) is 9.13 Å². The summed E-state index contributed by atoms with van der Waals surface area (Å²) < 4.78 is 6.26. The molecule has 7 heteroatoms. The molecule has 0 aromatic heterocycles. The van der Waals surface area contributed by atoms with Crippen LogP contribution in [-0.2, 0) is 16.0 Å². The van der Waals surface area contributed by atoms with Gasteiger partial charge < -0.3 is 21.1 Å². The fourth-order valence-electron chi connectivity index (χ4n) is 2.38. The van der Waals surface area contributed by atoms with Gasteiger partial charge in [-0.3, -0.25) is 4.79 Å². The number of hydrogen-bond donors (Lipinski definition) is 3. The number of rotatable bonds is 5. The Kier molecular flexibility index (Phi) is 7.06. The van der Waals surface area contributed by atoms with Crippen LogP contribution in [0.5, 0.6) is 0 Å². The smallest absolute Gasteiger partial charge is 0.408 e. The number of ether oxygens (including phenoxy) is 1. The third-order valence-electron chi connectivity index (χ3n) is 3.56. The van der Waals surface area contributed by atoms with Crippen molar-refractivity contribution in [3.63, 3.8) is 0 Å². The molecule has 6 nitrogen and oxygen atoms in total. The van der Waals surface area contributed by atoms with E-state index < -0.39 is 17.7 Å². The van der Waals surface area contributed by atoms with Crippen molar-refractivity contribution in [2.75, 3.05) is 11.1 Å². The molecule has 0 saturated heterocycles. The largest absolute Gasteiger partial charge is 0.444 e. The molecule has 2 rings (SSSR count). The van der Waals surface area contributed by atoms with E-state index in [2.05, 4.69) is 33.2 Å². The van der Waals surface area contributed by atoms with Gasteiger partial charge in [-0.05, 0) is 67.1 Å². The molecule has 0 spiro atoms. The zero-order valence-corrected chi connectivity index (χ0v) is 17.7. The number of nitrogens with one attached hydrogen (secondary N) is 2. The van der Waals surface area contributed by atoms with Crippen molar-refractivity contribution in [1.29, 1.82) is 0 Å². The minimum Gasteiger partial charge on any atom is -0.444 e. The van der Waals surface area contributed by atoms with Crippen molar-refractivity contribution in [3.05, 3.63) is 57.7 Å². The Bertz CT molecular complexity index is 804. The van der Waals surface area contributed by atoms with E-state index in [-0.39, 0.29) is 5.91 Å². The van der Waals surface area contributed by atoms with E-state index in [1.54, 1.807) is 32.9 Å². The monoisotopic (exact) mass is 481 g/mol. The van der Waals surface area contributed by atoms with Gasteiger partial charge in [-0.15, -0.1) is 0 Å². The average molecular weight is 481 g/mol. The lowest BCUT2D eigenvalue weighted by Crippen LogP contribution is -2.47. The van der Waals surface area contributed by atoms with E-state index in [0.29, 0.717) is 17.8 Å². The molecule has 0 aliphatic rings. The highest BCUT2D eigenvalue weighted by Crippen LogP contribution is 2.21. The second-order valence-corrected chi connectivity index (χ2v) is 8.35. The van der Waals surface area contributed by atoms with Crippen LogP contribution in [0, 0.1) is 3.57 Å². The predicted molar refractivity (Wildman–Crippen MR) is 116 cm³/mol. The lowest BCUT2D eigenvalue weighted by molar-refractivity contribution is -0.118. The van der Waals surface area contributed by atoms with Crippen LogP contribution in [-0.4, -0.2) is 23.6 Å². The molecular formula is C20H24IN3O3. The Labute approximate surface area is 173 Å². The number of carbonyl (C=O) groups excluding carboxylic acids is 2. The first kappa shape index (κ1) is 21.0. The molecule has 0 radical (unpaired) electrons. The van der Waals surface area contributed by atoms with E-state index in [1.165, 1.54) is 0 Å². The Morgan fingerprint density at radius 3 is 2.41 bits per heavy atom. The van der Waals surface area contributed by atoms with Crippen molar-refractivity contribution in [1.82, 2.24) is 5.32 Å². The zero-order chi connectivity index (χ0) is 20.0. The van der Waals surface area contributed by atoms with Crippen LogP contribution in [0.2, 0.25) is 0 Å². The molecule has 2 aromatic carbocycles. The molecule has 2 amide bonds. The van der Waals surface area contributed by atoms with Crippen molar-refractivity contribution >= 4 is 46.0 Å². The van der Waals surface area contributed by atoms with Crippen molar-refractivity contribution in [2.24, 2.45) is 0 Å². The topological polar surface area (TPSA) is 93.4 Å².